The number of anilines is 1. The summed E-state index contributed by atoms with van der Waals surface area (Å²) >= 11 is 6.06. The number of nitrogens with one attached hydrogen (secondary N) is 1. The van der Waals surface area contributed by atoms with Crippen molar-refractivity contribution in [1.82, 2.24) is 0 Å². The number of halogens is 1. The third-order valence-electron chi connectivity index (χ3n) is 3.54. The number of carbonyl (C=O) groups excluding carboxylic acids is 2. The molecule has 1 heterocycles. The van der Waals surface area contributed by atoms with E-state index >= 15 is 0 Å². The van der Waals surface area contributed by atoms with Gasteiger partial charge in [-0.15, -0.1) is 0 Å². The molecule has 0 saturated heterocycles. The maximum atomic E-state index is 12.4. The van der Waals surface area contributed by atoms with Crippen molar-refractivity contribution in [2.24, 2.45) is 0 Å². The zero-order valence-electron chi connectivity index (χ0n) is 11.9. The molecule has 23 heavy (non-hydrogen) atoms. The van der Waals surface area contributed by atoms with Gasteiger partial charge in [0.05, 0.1) is 16.3 Å². The van der Waals surface area contributed by atoms with Crippen LogP contribution in [0.5, 0.6) is 0 Å². The topological polar surface area (TPSA) is 80.3 Å². The van der Waals surface area contributed by atoms with Crippen molar-refractivity contribution in [1.29, 1.82) is 0 Å². The molecule has 0 fully saturated rings. The Morgan fingerprint density at radius 2 is 1.87 bits per heavy atom. The van der Waals surface area contributed by atoms with Crippen LogP contribution >= 0.6 is 11.6 Å². The van der Waals surface area contributed by atoms with Crippen LogP contribution in [0.25, 0.3) is 0 Å². The van der Waals surface area contributed by atoms with E-state index in [1.165, 1.54) is 24.3 Å². The minimum Gasteiger partial charge on any atom is -0.325 e. The zero-order chi connectivity index (χ0) is 16.6. The number of ketones is 1. The van der Waals surface area contributed by atoms with E-state index in [0.29, 0.717) is 11.3 Å². The van der Waals surface area contributed by atoms with Crippen LogP contribution < -0.4 is 5.32 Å². The van der Waals surface area contributed by atoms with Gasteiger partial charge in [-0.05, 0) is 29.8 Å². The van der Waals surface area contributed by atoms with Crippen molar-refractivity contribution in [3.8, 4) is 0 Å². The predicted octanol–water partition coefficient (Wildman–Crippen LogP) is 2.49. The van der Waals surface area contributed by atoms with Crippen LogP contribution in [-0.2, 0) is 21.1 Å². The van der Waals surface area contributed by atoms with E-state index in [9.17, 15) is 18.0 Å². The Morgan fingerprint density at radius 1 is 1.17 bits per heavy atom. The molecule has 0 spiro atoms. The standard InChI is InChI=1S/C16H12ClNO4S/c17-13-8-14-10(7-16(20)18-14)6-12(13)15(19)9-23(21,22)11-4-2-1-3-5-11/h1-6,8H,7,9H2,(H,18,20). The number of amides is 1. The van der Waals surface area contributed by atoms with Gasteiger partial charge >= 0.3 is 0 Å². The van der Waals surface area contributed by atoms with Crippen molar-refractivity contribution in [2.75, 3.05) is 11.1 Å². The van der Waals surface area contributed by atoms with Gasteiger partial charge < -0.3 is 5.32 Å². The highest BCUT2D eigenvalue weighted by Crippen LogP contribution is 2.30. The van der Waals surface area contributed by atoms with Gasteiger partial charge in [0.25, 0.3) is 0 Å². The van der Waals surface area contributed by atoms with E-state index in [0.717, 1.165) is 0 Å². The van der Waals surface area contributed by atoms with Gasteiger partial charge in [-0.25, -0.2) is 8.42 Å². The Morgan fingerprint density at radius 3 is 2.57 bits per heavy atom. The fourth-order valence-corrected chi connectivity index (χ4v) is 3.93. The van der Waals surface area contributed by atoms with Gasteiger partial charge in [-0.1, -0.05) is 29.8 Å². The van der Waals surface area contributed by atoms with Crippen LogP contribution in [0.4, 0.5) is 5.69 Å². The molecule has 5 nitrogen and oxygen atoms in total. The Balaban J connectivity index is 1.90. The van der Waals surface area contributed by atoms with Crippen molar-refractivity contribution in [3.05, 3.63) is 58.6 Å². The number of hydrogen-bond acceptors (Lipinski definition) is 4. The van der Waals surface area contributed by atoms with Crippen LogP contribution in [0.15, 0.2) is 47.4 Å². The largest absolute Gasteiger partial charge is 0.325 e. The smallest absolute Gasteiger partial charge is 0.228 e. The fourth-order valence-electron chi connectivity index (χ4n) is 2.42. The maximum Gasteiger partial charge on any atom is 0.228 e. The first kappa shape index (κ1) is 15.7. The Bertz CT molecular complexity index is 907. The number of benzene rings is 2. The molecule has 118 valence electrons. The lowest BCUT2D eigenvalue weighted by atomic mass is 10.1. The number of carbonyl (C=O) groups is 2. The fraction of sp³-hybridized carbons (Fsp3) is 0.125. The molecule has 1 aliphatic heterocycles. The summed E-state index contributed by atoms with van der Waals surface area (Å²) in [6.07, 6.45) is 0.151. The molecular formula is C16H12ClNO4S. The summed E-state index contributed by atoms with van der Waals surface area (Å²) in [5.41, 5.74) is 1.31. The van der Waals surface area contributed by atoms with Crippen LogP contribution in [0, 0.1) is 0 Å². The molecule has 2 aromatic carbocycles. The van der Waals surface area contributed by atoms with Gasteiger partial charge in [0.15, 0.2) is 15.6 Å². The molecule has 0 radical (unpaired) electrons. The highest BCUT2D eigenvalue weighted by Gasteiger charge is 2.25. The normalized spacial score (nSPS) is 13.5. The molecule has 0 bridgehead atoms. The zero-order valence-corrected chi connectivity index (χ0v) is 13.4. The van der Waals surface area contributed by atoms with Crippen LogP contribution in [0.2, 0.25) is 5.02 Å². The predicted molar refractivity (Wildman–Crippen MR) is 86.6 cm³/mol. The minimum atomic E-state index is -3.74. The quantitative estimate of drug-likeness (QED) is 0.860. The second-order valence-electron chi connectivity index (χ2n) is 5.21. The molecule has 2 aromatic rings. The highest BCUT2D eigenvalue weighted by atomic mass is 35.5. The first-order valence-corrected chi connectivity index (χ1v) is 8.83. The summed E-state index contributed by atoms with van der Waals surface area (Å²) in [4.78, 5) is 23.8. The van der Waals surface area contributed by atoms with Gasteiger partial charge in [0, 0.05) is 11.3 Å². The first-order chi connectivity index (χ1) is 10.9. The third-order valence-corrected chi connectivity index (χ3v) is 5.49. The summed E-state index contributed by atoms with van der Waals surface area (Å²) in [5, 5.41) is 2.75. The van der Waals surface area contributed by atoms with Crippen molar-refractivity contribution in [2.45, 2.75) is 11.3 Å². The Labute approximate surface area is 138 Å². The molecule has 0 saturated carbocycles. The average Bonchev–Trinajstić information content (AvgIpc) is 2.85. The monoisotopic (exact) mass is 349 g/mol. The number of Topliss-reactive ketones (excluding diaryl/α,β-unsaturated/α-hetero) is 1. The molecule has 0 atom stereocenters. The maximum absolute atomic E-state index is 12.4. The SMILES string of the molecule is O=C1Cc2cc(C(=O)CS(=O)(=O)c3ccccc3)c(Cl)cc2N1. The number of rotatable bonds is 4. The minimum absolute atomic E-state index is 0.0856. The van der Waals surface area contributed by atoms with Crippen LogP contribution in [0.1, 0.15) is 15.9 Å². The molecular weight excluding hydrogens is 338 g/mol. The Kier molecular flexibility index (Phi) is 3.95. The van der Waals surface area contributed by atoms with Crippen molar-refractivity contribution in [3.63, 3.8) is 0 Å². The second kappa shape index (κ2) is 5.79. The summed E-state index contributed by atoms with van der Waals surface area (Å²) in [7, 11) is -3.74. The summed E-state index contributed by atoms with van der Waals surface area (Å²) < 4.78 is 24.6. The average molecular weight is 350 g/mol. The van der Waals surface area contributed by atoms with E-state index in [1.54, 1.807) is 18.2 Å². The van der Waals surface area contributed by atoms with E-state index < -0.39 is 21.4 Å². The molecule has 1 amide bonds. The third kappa shape index (κ3) is 3.13. The Hall–Kier alpha value is -2.18. The second-order valence-corrected chi connectivity index (χ2v) is 7.61. The lowest BCUT2D eigenvalue weighted by Crippen LogP contribution is -2.17. The molecule has 1 aliphatic rings. The number of sulfone groups is 1. The first-order valence-electron chi connectivity index (χ1n) is 6.80. The van der Waals surface area contributed by atoms with Gasteiger partial charge in [-0.2, -0.15) is 0 Å². The molecule has 0 unspecified atom stereocenters. The van der Waals surface area contributed by atoms with E-state index in [-0.39, 0.29) is 27.8 Å². The van der Waals surface area contributed by atoms with Crippen LogP contribution in [-0.4, -0.2) is 25.9 Å². The summed E-state index contributed by atoms with van der Waals surface area (Å²) in [5.74, 6) is -1.45. The van der Waals surface area contributed by atoms with Crippen molar-refractivity contribution < 1.29 is 18.0 Å². The van der Waals surface area contributed by atoms with E-state index in [4.69, 9.17) is 11.6 Å². The highest BCUT2D eigenvalue weighted by molar-refractivity contribution is 7.92. The molecule has 7 heteroatoms. The van der Waals surface area contributed by atoms with Crippen molar-refractivity contribution >= 4 is 38.8 Å². The lowest BCUT2D eigenvalue weighted by molar-refractivity contribution is -0.115. The molecule has 3 rings (SSSR count). The molecule has 0 aliphatic carbocycles. The van der Waals surface area contributed by atoms with Gasteiger partial charge in [-0.3, -0.25) is 9.59 Å². The summed E-state index contributed by atoms with van der Waals surface area (Å²) in [6, 6.07) is 10.7. The number of fused-ring (bicyclic) bond motifs is 1. The number of hydrogen-bond donors (Lipinski definition) is 1. The van der Waals surface area contributed by atoms with Gasteiger partial charge in [0.2, 0.25) is 5.91 Å². The lowest BCUT2D eigenvalue weighted by Gasteiger charge is -2.08. The van der Waals surface area contributed by atoms with E-state index in [2.05, 4.69) is 5.32 Å². The van der Waals surface area contributed by atoms with Gasteiger partial charge in [0.1, 0.15) is 5.75 Å². The van der Waals surface area contributed by atoms with E-state index in [1.807, 2.05) is 0 Å². The van der Waals surface area contributed by atoms with Crippen LogP contribution in [0.3, 0.4) is 0 Å². The molecule has 1 N–H and O–H groups in total. The summed E-state index contributed by atoms with van der Waals surface area (Å²) in [6.45, 7) is 0. The molecule has 0 aromatic heterocycles.